The van der Waals surface area contributed by atoms with Gasteiger partial charge in [0.2, 0.25) is 11.9 Å². The number of ether oxygens (including phenoxy) is 1. The van der Waals surface area contributed by atoms with Gasteiger partial charge in [-0.2, -0.15) is 0 Å². The predicted molar refractivity (Wildman–Crippen MR) is 130 cm³/mol. The third-order valence-corrected chi connectivity index (χ3v) is 6.48. The first-order valence-corrected chi connectivity index (χ1v) is 11.8. The van der Waals surface area contributed by atoms with E-state index in [1.807, 2.05) is 11.4 Å². The normalized spacial score (nSPS) is 12.9. The van der Waals surface area contributed by atoms with E-state index < -0.39 is 5.91 Å². The molecule has 12 heteroatoms. The topological polar surface area (TPSA) is 137 Å². The Balaban J connectivity index is 1.34. The average molecular weight is 491 g/mol. The van der Waals surface area contributed by atoms with Crippen LogP contribution in [-0.2, 0) is 11.8 Å². The Labute approximate surface area is 204 Å². The molecule has 1 aliphatic carbocycles. The van der Waals surface area contributed by atoms with Crippen LogP contribution in [0.4, 0.5) is 11.6 Å². The number of carbonyl (C=O) groups excluding carboxylic acids is 2. The van der Waals surface area contributed by atoms with Crippen LogP contribution in [-0.4, -0.2) is 49.1 Å². The fourth-order valence-electron chi connectivity index (χ4n) is 3.50. The first-order chi connectivity index (χ1) is 17.0. The number of rotatable bonds is 8. The number of thiophene rings is 1. The van der Waals surface area contributed by atoms with Gasteiger partial charge < -0.3 is 10.1 Å². The first kappa shape index (κ1) is 22.6. The molecule has 1 fully saturated rings. The molecule has 4 aromatic rings. The largest absolute Gasteiger partial charge is 0.496 e. The van der Waals surface area contributed by atoms with Gasteiger partial charge >= 0.3 is 0 Å². The molecule has 1 saturated carbocycles. The van der Waals surface area contributed by atoms with Gasteiger partial charge in [0.15, 0.2) is 0 Å². The summed E-state index contributed by atoms with van der Waals surface area (Å²) in [5.74, 6) is 0.774. The molecule has 178 valence electrons. The summed E-state index contributed by atoms with van der Waals surface area (Å²) in [7, 11) is 3.12. The Morgan fingerprint density at radius 3 is 2.74 bits per heavy atom. The van der Waals surface area contributed by atoms with Gasteiger partial charge in [0, 0.05) is 24.4 Å². The van der Waals surface area contributed by atoms with E-state index in [4.69, 9.17) is 9.72 Å². The Hall–Kier alpha value is -4.19. The monoisotopic (exact) mass is 490 g/mol. The molecule has 0 atom stereocenters. The molecule has 0 aliphatic heterocycles. The van der Waals surface area contributed by atoms with Gasteiger partial charge in [0.05, 0.1) is 47.0 Å². The van der Waals surface area contributed by atoms with Crippen molar-refractivity contribution in [2.45, 2.75) is 19.3 Å². The predicted octanol–water partition coefficient (Wildman–Crippen LogP) is 3.40. The molecule has 3 heterocycles. The van der Waals surface area contributed by atoms with Crippen molar-refractivity contribution in [3.63, 3.8) is 0 Å². The summed E-state index contributed by atoms with van der Waals surface area (Å²) in [6.07, 6.45) is 6.18. The summed E-state index contributed by atoms with van der Waals surface area (Å²) in [6, 6.07) is 7.06. The van der Waals surface area contributed by atoms with Crippen molar-refractivity contribution in [1.82, 2.24) is 30.2 Å². The SMILES string of the molecule is COc1cc(-c2cncc(-c3cc(NC(=O)CC4CC4)cs3)n2)ccc1C(=O)Nc1nnnn1C. The molecular weight excluding hydrogens is 468 g/mol. The van der Waals surface area contributed by atoms with Gasteiger partial charge in [-0.1, -0.05) is 11.2 Å². The van der Waals surface area contributed by atoms with E-state index in [2.05, 4.69) is 31.1 Å². The third kappa shape index (κ3) is 5.17. The van der Waals surface area contributed by atoms with Crippen LogP contribution in [0.3, 0.4) is 0 Å². The molecular formula is C23H22N8O3S. The van der Waals surface area contributed by atoms with E-state index in [1.165, 1.54) is 23.1 Å². The molecule has 0 bridgehead atoms. The van der Waals surface area contributed by atoms with Gasteiger partial charge in [-0.05, 0) is 47.4 Å². The smallest absolute Gasteiger partial charge is 0.261 e. The molecule has 0 saturated heterocycles. The van der Waals surface area contributed by atoms with Crippen LogP contribution >= 0.6 is 11.3 Å². The van der Waals surface area contributed by atoms with E-state index in [0.717, 1.165) is 29.0 Å². The Bertz CT molecular complexity index is 1390. The van der Waals surface area contributed by atoms with Crippen LogP contribution in [0.2, 0.25) is 0 Å². The van der Waals surface area contributed by atoms with Crippen molar-refractivity contribution < 1.29 is 14.3 Å². The Morgan fingerprint density at radius 2 is 2.00 bits per heavy atom. The number of amides is 2. The van der Waals surface area contributed by atoms with Crippen LogP contribution in [0.25, 0.3) is 21.8 Å². The van der Waals surface area contributed by atoms with Gasteiger partial charge in [-0.15, -0.1) is 11.3 Å². The van der Waals surface area contributed by atoms with Crippen molar-refractivity contribution in [3.8, 4) is 27.6 Å². The highest BCUT2D eigenvalue weighted by Gasteiger charge is 2.24. The number of aryl methyl sites for hydroxylation is 1. The van der Waals surface area contributed by atoms with Crippen LogP contribution in [0, 0.1) is 5.92 Å². The maximum atomic E-state index is 12.7. The highest BCUT2D eigenvalue weighted by Crippen LogP contribution is 2.34. The molecule has 2 N–H and O–H groups in total. The zero-order chi connectivity index (χ0) is 24.4. The summed E-state index contributed by atoms with van der Waals surface area (Å²) in [5, 5.41) is 18.5. The lowest BCUT2D eigenvalue weighted by molar-refractivity contribution is -0.116. The minimum atomic E-state index is -0.402. The van der Waals surface area contributed by atoms with E-state index in [1.54, 1.807) is 37.6 Å². The number of methoxy groups -OCH3 is 1. The van der Waals surface area contributed by atoms with Crippen LogP contribution in [0.15, 0.2) is 42.0 Å². The van der Waals surface area contributed by atoms with E-state index in [9.17, 15) is 9.59 Å². The quantitative estimate of drug-likeness (QED) is 0.383. The number of nitrogens with one attached hydrogen (secondary N) is 2. The number of carbonyl (C=O) groups is 2. The van der Waals surface area contributed by atoms with E-state index in [0.29, 0.717) is 35.0 Å². The summed E-state index contributed by atoms with van der Waals surface area (Å²) in [6.45, 7) is 0. The lowest BCUT2D eigenvalue weighted by Gasteiger charge is -2.11. The van der Waals surface area contributed by atoms with Crippen molar-refractivity contribution in [2.24, 2.45) is 13.0 Å². The van der Waals surface area contributed by atoms with Crippen LogP contribution < -0.4 is 15.4 Å². The second kappa shape index (κ2) is 9.58. The zero-order valence-electron chi connectivity index (χ0n) is 19.1. The van der Waals surface area contributed by atoms with Gasteiger partial charge in [0.25, 0.3) is 5.91 Å². The molecule has 3 aromatic heterocycles. The number of aromatic nitrogens is 6. The lowest BCUT2D eigenvalue weighted by Crippen LogP contribution is -2.16. The molecule has 0 radical (unpaired) electrons. The fraction of sp³-hybridized carbons (Fsp3) is 0.261. The number of anilines is 2. The van der Waals surface area contributed by atoms with Crippen LogP contribution in [0.5, 0.6) is 5.75 Å². The van der Waals surface area contributed by atoms with Gasteiger partial charge in [-0.3, -0.25) is 19.9 Å². The maximum Gasteiger partial charge on any atom is 0.261 e. The fourth-order valence-corrected chi connectivity index (χ4v) is 4.29. The van der Waals surface area contributed by atoms with Gasteiger partial charge in [-0.25, -0.2) is 9.67 Å². The summed E-state index contributed by atoms with van der Waals surface area (Å²) >= 11 is 1.49. The van der Waals surface area contributed by atoms with E-state index in [-0.39, 0.29) is 11.9 Å². The first-order valence-electron chi connectivity index (χ1n) is 10.9. The standard InChI is InChI=1S/C23H22N8O3S/c1-31-23(28-29-30-31)27-22(33)16-6-5-14(8-19(16)34-2)17-10-24-11-18(26-17)20-9-15(12-35-20)25-21(32)7-13-3-4-13/h5-6,8-13H,3-4,7H2,1-2H3,(H,25,32)(H,27,28,30,33). The van der Waals surface area contributed by atoms with Crippen molar-refractivity contribution >= 4 is 34.8 Å². The zero-order valence-corrected chi connectivity index (χ0v) is 19.9. The Kier molecular flexibility index (Phi) is 6.19. The molecule has 1 aromatic carbocycles. The Morgan fingerprint density at radius 1 is 1.17 bits per heavy atom. The number of hydrogen-bond acceptors (Lipinski definition) is 9. The molecule has 11 nitrogen and oxygen atoms in total. The lowest BCUT2D eigenvalue weighted by atomic mass is 10.1. The highest BCUT2D eigenvalue weighted by molar-refractivity contribution is 7.14. The second-order valence-electron chi connectivity index (χ2n) is 8.18. The van der Waals surface area contributed by atoms with Crippen molar-refractivity contribution in [1.29, 1.82) is 0 Å². The molecule has 0 spiro atoms. The molecule has 1 aliphatic rings. The molecule has 0 unspecified atom stereocenters. The third-order valence-electron chi connectivity index (χ3n) is 5.53. The van der Waals surface area contributed by atoms with Crippen LogP contribution in [0.1, 0.15) is 29.6 Å². The van der Waals surface area contributed by atoms with Gasteiger partial charge in [0.1, 0.15) is 5.75 Å². The summed E-state index contributed by atoms with van der Waals surface area (Å²) < 4.78 is 6.81. The summed E-state index contributed by atoms with van der Waals surface area (Å²) in [4.78, 5) is 34.8. The highest BCUT2D eigenvalue weighted by atomic mass is 32.1. The minimum Gasteiger partial charge on any atom is -0.496 e. The number of nitrogens with zero attached hydrogens (tertiary/aromatic N) is 6. The minimum absolute atomic E-state index is 0.0448. The number of hydrogen-bond donors (Lipinski definition) is 2. The molecule has 35 heavy (non-hydrogen) atoms. The molecule has 2 amide bonds. The van der Waals surface area contributed by atoms with Crippen molar-refractivity contribution in [3.05, 3.63) is 47.6 Å². The van der Waals surface area contributed by atoms with Crippen molar-refractivity contribution in [2.75, 3.05) is 17.7 Å². The second-order valence-corrected chi connectivity index (χ2v) is 9.09. The number of tetrazole rings is 1. The maximum absolute atomic E-state index is 12.7. The van der Waals surface area contributed by atoms with E-state index >= 15 is 0 Å². The number of benzene rings is 1. The average Bonchev–Trinajstić information content (AvgIpc) is 3.40. The molecule has 5 rings (SSSR count). The summed E-state index contributed by atoms with van der Waals surface area (Å²) in [5.41, 5.74) is 3.14.